The van der Waals surface area contributed by atoms with Crippen molar-refractivity contribution in [3.8, 4) is 11.5 Å². The number of amides is 2. The number of fused-ring (bicyclic) bond motifs is 1. The van der Waals surface area contributed by atoms with E-state index in [0.29, 0.717) is 30.4 Å². The second kappa shape index (κ2) is 7.05. The van der Waals surface area contributed by atoms with Crippen LogP contribution in [0.15, 0.2) is 48.5 Å². The molecule has 1 unspecified atom stereocenters. The van der Waals surface area contributed by atoms with E-state index in [2.05, 4.69) is 10.6 Å². The number of carbonyl (C=O) groups is 1. The van der Waals surface area contributed by atoms with E-state index >= 15 is 0 Å². The molecule has 0 saturated heterocycles. The fourth-order valence-electron chi connectivity index (χ4n) is 2.43. The Kier molecular flexibility index (Phi) is 4.66. The summed E-state index contributed by atoms with van der Waals surface area (Å²) in [7, 11) is 0. The van der Waals surface area contributed by atoms with Gasteiger partial charge in [-0.1, -0.05) is 30.3 Å². The molecule has 0 radical (unpaired) electrons. The van der Waals surface area contributed by atoms with Crippen LogP contribution in [0.3, 0.4) is 0 Å². The monoisotopic (exact) mass is 312 g/mol. The Morgan fingerprint density at radius 1 is 1.04 bits per heavy atom. The van der Waals surface area contributed by atoms with Gasteiger partial charge in [0.25, 0.3) is 0 Å². The lowest BCUT2D eigenvalue weighted by atomic mass is 10.1. The molecule has 0 bridgehead atoms. The molecule has 2 aromatic carbocycles. The molecule has 0 fully saturated rings. The Morgan fingerprint density at radius 3 is 2.57 bits per heavy atom. The molecule has 0 saturated carbocycles. The zero-order valence-corrected chi connectivity index (χ0v) is 13.0. The van der Waals surface area contributed by atoms with Gasteiger partial charge in [-0.25, -0.2) is 4.79 Å². The van der Waals surface area contributed by atoms with E-state index in [1.807, 2.05) is 43.3 Å². The topological polar surface area (TPSA) is 59.6 Å². The van der Waals surface area contributed by atoms with Crippen molar-refractivity contribution in [1.29, 1.82) is 0 Å². The van der Waals surface area contributed by atoms with E-state index in [0.717, 1.165) is 12.0 Å². The van der Waals surface area contributed by atoms with Crippen molar-refractivity contribution in [2.75, 3.05) is 18.5 Å². The van der Waals surface area contributed by atoms with E-state index in [9.17, 15) is 4.79 Å². The van der Waals surface area contributed by atoms with Crippen LogP contribution in [-0.2, 0) is 0 Å². The average Bonchev–Trinajstić information content (AvgIpc) is 2.80. The molecule has 120 valence electrons. The third-order valence-electron chi connectivity index (χ3n) is 3.65. The standard InChI is InChI=1S/C18H20N2O3/c1-13(14-6-3-2-4-7-14)19-18(21)20-15-8-9-16-17(12-15)23-11-5-10-22-16/h2-4,6-9,12-13H,5,10-11H2,1H3,(H2,19,20,21). The summed E-state index contributed by atoms with van der Waals surface area (Å²) < 4.78 is 11.2. The maximum absolute atomic E-state index is 12.1. The first-order valence-corrected chi connectivity index (χ1v) is 7.74. The first kappa shape index (κ1) is 15.2. The van der Waals surface area contributed by atoms with Crippen molar-refractivity contribution in [3.63, 3.8) is 0 Å². The van der Waals surface area contributed by atoms with Crippen molar-refractivity contribution < 1.29 is 14.3 Å². The van der Waals surface area contributed by atoms with Gasteiger partial charge in [0.05, 0.1) is 19.3 Å². The second-order valence-corrected chi connectivity index (χ2v) is 5.44. The number of anilines is 1. The summed E-state index contributed by atoms with van der Waals surface area (Å²) in [5.41, 5.74) is 1.73. The summed E-state index contributed by atoms with van der Waals surface area (Å²) in [4.78, 5) is 12.1. The number of carbonyl (C=O) groups excluding carboxylic acids is 1. The quantitative estimate of drug-likeness (QED) is 0.908. The molecule has 2 amide bonds. The average molecular weight is 312 g/mol. The Morgan fingerprint density at radius 2 is 1.78 bits per heavy atom. The van der Waals surface area contributed by atoms with Crippen LogP contribution in [0, 0.1) is 0 Å². The summed E-state index contributed by atoms with van der Waals surface area (Å²) in [6.45, 7) is 3.21. The second-order valence-electron chi connectivity index (χ2n) is 5.44. The van der Waals surface area contributed by atoms with Crippen LogP contribution in [-0.4, -0.2) is 19.2 Å². The smallest absolute Gasteiger partial charge is 0.319 e. The fraction of sp³-hybridized carbons (Fsp3) is 0.278. The molecule has 2 aromatic rings. The number of nitrogens with one attached hydrogen (secondary N) is 2. The SMILES string of the molecule is CC(NC(=O)Nc1ccc2c(c1)OCCCO2)c1ccccc1. The van der Waals surface area contributed by atoms with Crippen molar-refractivity contribution in [2.24, 2.45) is 0 Å². The number of benzene rings is 2. The van der Waals surface area contributed by atoms with Gasteiger partial charge in [-0.05, 0) is 24.6 Å². The van der Waals surface area contributed by atoms with Gasteiger partial charge in [-0.2, -0.15) is 0 Å². The van der Waals surface area contributed by atoms with Crippen LogP contribution < -0.4 is 20.1 Å². The number of urea groups is 1. The van der Waals surface area contributed by atoms with Crippen LogP contribution in [0.2, 0.25) is 0 Å². The van der Waals surface area contributed by atoms with Crippen molar-refractivity contribution in [2.45, 2.75) is 19.4 Å². The number of ether oxygens (including phenoxy) is 2. The minimum atomic E-state index is -0.254. The molecule has 1 atom stereocenters. The lowest BCUT2D eigenvalue weighted by molar-refractivity contribution is 0.249. The Bertz CT molecular complexity index is 673. The maximum atomic E-state index is 12.1. The molecule has 5 nitrogen and oxygen atoms in total. The first-order chi connectivity index (χ1) is 11.2. The van der Waals surface area contributed by atoms with Crippen molar-refractivity contribution >= 4 is 11.7 Å². The number of hydrogen-bond donors (Lipinski definition) is 2. The van der Waals surface area contributed by atoms with Gasteiger partial charge in [-0.3, -0.25) is 0 Å². The van der Waals surface area contributed by atoms with Gasteiger partial charge in [0.15, 0.2) is 11.5 Å². The van der Waals surface area contributed by atoms with Gasteiger partial charge in [0.1, 0.15) is 0 Å². The van der Waals surface area contributed by atoms with Gasteiger partial charge in [-0.15, -0.1) is 0 Å². The highest BCUT2D eigenvalue weighted by atomic mass is 16.5. The van der Waals surface area contributed by atoms with Crippen LogP contribution in [0.4, 0.5) is 10.5 Å². The van der Waals surface area contributed by atoms with Crippen molar-refractivity contribution in [1.82, 2.24) is 5.32 Å². The Balaban J connectivity index is 1.63. The van der Waals surface area contributed by atoms with Crippen LogP contribution in [0.5, 0.6) is 11.5 Å². The zero-order valence-electron chi connectivity index (χ0n) is 13.0. The van der Waals surface area contributed by atoms with Gasteiger partial charge < -0.3 is 20.1 Å². The molecule has 5 heteroatoms. The van der Waals surface area contributed by atoms with E-state index in [1.54, 1.807) is 12.1 Å². The van der Waals surface area contributed by atoms with Crippen molar-refractivity contribution in [3.05, 3.63) is 54.1 Å². The van der Waals surface area contributed by atoms with E-state index in [1.165, 1.54) is 0 Å². The normalized spacial score (nSPS) is 14.5. The molecular weight excluding hydrogens is 292 g/mol. The summed E-state index contributed by atoms with van der Waals surface area (Å²) in [5.74, 6) is 1.38. The molecule has 1 aliphatic heterocycles. The highest BCUT2D eigenvalue weighted by Gasteiger charge is 2.13. The lowest BCUT2D eigenvalue weighted by Crippen LogP contribution is -2.31. The lowest BCUT2D eigenvalue weighted by Gasteiger charge is -2.15. The van der Waals surface area contributed by atoms with Gasteiger partial charge in [0.2, 0.25) is 0 Å². The number of rotatable bonds is 3. The first-order valence-electron chi connectivity index (χ1n) is 7.74. The highest BCUT2D eigenvalue weighted by molar-refractivity contribution is 5.89. The summed E-state index contributed by atoms with van der Waals surface area (Å²) in [5, 5.41) is 5.74. The molecule has 1 heterocycles. The van der Waals surface area contributed by atoms with Gasteiger partial charge in [0, 0.05) is 18.2 Å². The predicted octanol–water partition coefficient (Wildman–Crippen LogP) is 3.73. The summed E-state index contributed by atoms with van der Waals surface area (Å²) >= 11 is 0. The van der Waals surface area contributed by atoms with Crippen LogP contribution >= 0.6 is 0 Å². The zero-order chi connectivity index (χ0) is 16.1. The van der Waals surface area contributed by atoms with E-state index in [4.69, 9.17) is 9.47 Å². The van der Waals surface area contributed by atoms with E-state index < -0.39 is 0 Å². The Hall–Kier alpha value is -2.69. The van der Waals surface area contributed by atoms with Crippen LogP contribution in [0.1, 0.15) is 24.9 Å². The summed E-state index contributed by atoms with van der Waals surface area (Å²) in [6.07, 6.45) is 0.854. The molecular formula is C18H20N2O3. The molecule has 2 N–H and O–H groups in total. The highest BCUT2D eigenvalue weighted by Crippen LogP contribution is 2.32. The molecule has 1 aliphatic rings. The minimum absolute atomic E-state index is 0.0726. The maximum Gasteiger partial charge on any atom is 0.319 e. The molecule has 0 spiro atoms. The van der Waals surface area contributed by atoms with Crippen LogP contribution in [0.25, 0.3) is 0 Å². The molecule has 3 rings (SSSR count). The Labute approximate surface area is 135 Å². The van der Waals surface area contributed by atoms with E-state index in [-0.39, 0.29) is 12.1 Å². The largest absolute Gasteiger partial charge is 0.490 e. The fourth-order valence-corrected chi connectivity index (χ4v) is 2.43. The van der Waals surface area contributed by atoms with Gasteiger partial charge >= 0.3 is 6.03 Å². The molecule has 0 aromatic heterocycles. The third-order valence-corrected chi connectivity index (χ3v) is 3.65. The molecule has 23 heavy (non-hydrogen) atoms. The third kappa shape index (κ3) is 3.94. The minimum Gasteiger partial charge on any atom is -0.490 e. The number of hydrogen-bond acceptors (Lipinski definition) is 3. The predicted molar refractivity (Wildman–Crippen MR) is 89.1 cm³/mol. The summed E-state index contributed by atoms with van der Waals surface area (Å²) in [6, 6.07) is 14.9. The molecule has 0 aliphatic carbocycles.